The van der Waals surface area contributed by atoms with Crippen molar-refractivity contribution in [3.8, 4) is 0 Å². The first-order valence-electron chi connectivity index (χ1n) is 5.35. The Balaban J connectivity index is 2.43. The SMILES string of the molecule is CCC(N)CC(=O)N1CCC[C@@H]1CO. The van der Waals surface area contributed by atoms with Gasteiger partial charge >= 0.3 is 0 Å². The van der Waals surface area contributed by atoms with E-state index in [4.69, 9.17) is 10.8 Å². The summed E-state index contributed by atoms with van der Waals surface area (Å²) in [5.74, 6) is 0.0934. The molecule has 4 nitrogen and oxygen atoms in total. The van der Waals surface area contributed by atoms with Gasteiger partial charge in [0, 0.05) is 19.0 Å². The molecule has 0 radical (unpaired) electrons. The highest BCUT2D eigenvalue weighted by molar-refractivity contribution is 5.77. The summed E-state index contributed by atoms with van der Waals surface area (Å²) >= 11 is 0. The summed E-state index contributed by atoms with van der Waals surface area (Å²) in [5, 5.41) is 9.05. The van der Waals surface area contributed by atoms with E-state index in [1.54, 1.807) is 4.90 Å². The average molecular weight is 200 g/mol. The minimum atomic E-state index is -0.0394. The number of hydrogen-bond acceptors (Lipinski definition) is 3. The van der Waals surface area contributed by atoms with Crippen LogP contribution >= 0.6 is 0 Å². The second kappa shape index (κ2) is 5.32. The van der Waals surface area contributed by atoms with E-state index in [-0.39, 0.29) is 24.6 Å². The summed E-state index contributed by atoms with van der Waals surface area (Å²) in [6.07, 6.45) is 3.15. The molecule has 0 saturated carbocycles. The molecule has 0 spiro atoms. The number of nitrogens with zero attached hydrogens (tertiary/aromatic N) is 1. The van der Waals surface area contributed by atoms with E-state index in [2.05, 4.69) is 0 Å². The van der Waals surface area contributed by atoms with Gasteiger partial charge in [-0.2, -0.15) is 0 Å². The Morgan fingerprint density at radius 2 is 2.43 bits per heavy atom. The van der Waals surface area contributed by atoms with E-state index < -0.39 is 0 Å². The third kappa shape index (κ3) is 2.69. The van der Waals surface area contributed by atoms with E-state index in [0.717, 1.165) is 25.8 Å². The first-order chi connectivity index (χ1) is 6.69. The monoisotopic (exact) mass is 200 g/mol. The highest BCUT2D eigenvalue weighted by Gasteiger charge is 2.28. The Kier molecular flexibility index (Phi) is 4.35. The van der Waals surface area contributed by atoms with Gasteiger partial charge in [0.1, 0.15) is 0 Å². The van der Waals surface area contributed by atoms with Crippen LogP contribution in [0.1, 0.15) is 32.6 Å². The molecule has 1 aliphatic rings. The standard InChI is InChI=1S/C10H20N2O2/c1-2-8(11)6-10(14)12-5-3-4-9(12)7-13/h8-9,13H,2-7,11H2,1H3/t8?,9-/m1/s1. The summed E-state index contributed by atoms with van der Waals surface area (Å²) in [4.78, 5) is 13.5. The minimum absolute atomic E-state index is 0.0338. The fourth-order valence-electron chi connectivity index (χ4n) is 1.84. The van der Waals surface area contributed by atoms with Gasteiger partial charge in [-0.15, -0.1) is 0 Å². The van der Waals surface area contributed by atoms with Crippen molar-refractivity contribution in [1.29, 1.82) is 0 Å². The van der Waals surface area contributed by atoms with Gasteiger partial charge in [-0.1, -0.05) is 6.92 Å². The van der Waals surface area contributed by atoms with Crippen molar-refractivity contribution in [2.24, 2.45) is 5.73 Å². The summed E-state index contributed by atoms with van der Waals surface area (Å²) < 4.78 is 0. The van der Waals surface area contributed by atoms with Gasteiger partial charge in [0.25, 0.3) is 0 Å². The quantitative estimate of drug-likeness (QED) is 0.676. The van der Waals surface area contributed by atoms with Crippen molar-refractivity contribution < 1.29 is 9.90 Å². The fourth-order valence-corrected chi connectivity index (χ4v) is 1.84. The summed E-state index contributed by atoms with van der Waals surface area (Å²) in [6, 6.07) is -0.00556. The van der Waals surface area contributed by atoms with E-state index in [1.807, 2.05) is 6.92 Å². The number of aliphatic hydroxyl groups excluding tert-OH is 1. The average Bonchev–Trinajstić information content (AvgIpc) is 2.65. The lowest BCUT2D eigenvalue weighted by molar-refractivity contribution is -0.133. The van der Waals surface area contributed by atoms with E-state index >= 15 is 0 Å². The fraction of sp³-hybridized carbons (Fsp3) is 0.900. The lowest BCUT2D eigenvalue weighted by Crippen LogP contribution is -2.40. The Bertz CT molecular complexity index is 197. The number of likely N-dealkylation sites (tertiary alicyclic amines) is 1. The van der Waals surface area contributed by atoms with Crippen LogP contribution in [-0.2, 0) is 4.79 Å². The van der Waals surface area contributed by atoms with Crippen LogP contribution in [0.15, 0.2) is 0 Å². The molecule has 0 aromatic heterocycles. The highest BCUT2D eigenvalue weighted by atomic mass is 16.3. The molecule has 1 rings (SSSR count). The number of carbonyl (C=O) groups excluding carboxylic acids is 1. The molecule has 3 N–H and O–H groups in total. The van der Waals surface area contributed by atoms with Crippen molar-refractivity contribution in [3.63, 3.8) is 0 Å². The number of nitrogens with two attached hydrogens (primary N) is 1. The molecule has 4 heteroatoms. The second-order valence-electron chi connectivity index (χ2n) is 3.94. The van der Waals surface area contributed by atoms with Gasteiger partial charge in [-0.25, -0.2) is 0 Å². The molecule has 0 aromatic carbocycles. The van der Waals surface area contributed by atoms with Crippen LogP contribution in [0.25, 0.3) is 0 Å². The van der Waals surface area contributed by atoms with Gasteiger partial charge in [0.05, 0.1) is 12.6 Å². The largest absolute Gasteiger partial charge is 0.394 e. The van der Waals surface area contributed by atoms with Crippen LogP contribution in [0.4, 0.5) is 0 Å². The van der Waals surface area contributed by atoms with Gasteiger partial charge in [-0.05, 0) is 19.3 Å². The Labute approximate surface area is 85.1 Å². The maximum absolute atomic E-state index is 11.7. The van der Waals surface area contributed by atoms with Crippen molar-refractivity contribution in [2.45, 2.75) is 44.7 Å². The molecule has 2 atom stereocenters. The van der Waals surface area contributed by atoms with Gasteiger partial charge < -0.3 is 15.7 Å². The molecule has 82 valence electrons. The molecule has 1 fully saturated rings. The number of hydrogen-bond donors (Lipinski definition) is 2. The molecular weight excluding hydrogens is 180 g/mol. The number of aliphatic hydroxyl groups is 1. The summed E-state index contributed by atoms with van der Waals surface area (Å²) in [5.41, 5.74) is 5.72. The molecule has 1 unspecified atom stereocenters. The van der Waals surface area contributed by atoms with Crippen LogP contribution < -0.4 is 5.73 Å². The minimum Gasteiger partial charge on any atom is -0.394 e. The number of carbonyl (C=O) groups is 1. The maximum Gasteiger partial charge on any atom is 0.224 e. The normalized spacial score (nSPS) is 23.9. The predicted molar refractivity (Wildman–Crippen MR) is 54.7 cm³/mol. The topological polar surface area (TPSA) is 66.6 Å². The van der Waals surface area contributed by atoms with Crippen molar-refractivity contribution >= 4 is 5.91 Å². The molecular formula is C10H20N2O2. The molecule has 1 amide bonds. The molecule has 1 saturated heterocycles. The third-order valence-electron chi connectivity index (χ3n) is 2.87. The zero-order chi connectivity index (χ0) is 10.6. The van der Waals surface area contributed by atoms with Gasteiger partial charge in [0.15, 0.2) is 0 Å². The highest BCUT2D eigenvalue weighted by Crippen LogP contribution is 2.18. The van der Waals surface area contributed by atoms with Crippen molar-refractivity contribution in [2.75, 3.05) is 13.2 Å². The maximum atomic E-state index is 11.7. The van der Waals surface area contributed by atoms with Crippen molar-refractivity contribution in [1.82, 2.24) is 4.90 Å². The molecule has 0 aliphatic carbocycles. The molecule has 14 heavy (non-hydrogen) atoms. The van der Waals surface area contributed by atoms with Crippen LogP contribution in [0.2, 0.25) is 0 Å². The molecule has 0 bridgehead atoms. The zero-order valence-electron chi connectivity index (χ0n) is 8.78. The van der Waals surface area contributed by atoms with E-state index in [9.17, 15) is 4.79 Å². The summed E-state index contributed by atoms with van der Waals surface area (Å²) in [6.45, 7) is 2.83. The lowest BCUT2D eigenvalue weighted by atomic mass is 10.1. The lowest BCUT2D eigenvalue weighted by Gasteiger charge is -2.24. The van der Waals surface area contributed by atoms with Crippen LogP contribution in [-0.4, -0.2) is 41.1 Å². The van der Waals surface area contributed by atoms with Crippen LogP contribution in [0, 0.1) is 0 Å². The first-order valence-corrected chi connectivity index (χ1v) is 5.35. The molecule has 0 aromatic rings. The number of amides is 1. The molecule has 1 heterocycles. The smallest absolute Gasteiger partial charge is 0.224 e. The molecule has 1 aliphatic heterocycles. The Morgan fingerprint density at radius 3 is 3.00 bits per heavy atom. The first kappa shape index (κ1) is 11.5. The van der Waals surface area contributed by atoms with Crippen LogP contribution in [0.3, 0.4) is 0 Å². The van der Waals surface area contributed by atoms with Gasteiger partial charge in [-0.3, -0.25) is 4.79 Å². The Morgan fingerprint density at radius 1 is 1.71 bits per heavy atom. The Hall–Kier alpha value is -0.610. The zero-order valence-corrected chi connectivity index (χ0v) is 8.78. The van der Waals surface area contributed by atoms with Crippen LogP contribution in [0.5, 0.6) is 0 Å². The van der Waals surface area contributed by atoms with E-state index in [0.29, 0.717) is 6.42 Å². The number of rotatable bonds is 4. The van der Waals surface area contributed by atoms with Gasteiger partial charge in [0.2, 0.25) is 5.91 Å². The van der Waals surface area contributed by atoms with Crippen molar-refractivity contribution in [3.05, 3.63) is 0 Å². The third-order valence-corrected chi connectivity index (χ3v) is 2.87. The second-order valence-corrected chi connectivity index (χ2v) is 3.94. The predicted octanol–water partition coefficient (Wildman–Crippen LogP) is 0.0971. The van der Waals surface area contributed by atoms with E-state index in [1.165, 1.54) is 0 Å². The summed E-state index contributed by atoms with van der Waals surface area (Å²) in [7, 11) is 0.